The summed E-state index contributed by atoms with van der Waals surface area (Å²) in [7, 11) is 0. The zero-order valence-corrected chi connectivity index (χ0v) is 13.3. The highest BCUT2D eigenvalue weighted by Crippen LogP contribution is 2.18. The molecule has 18 heavy (non-hydrogen) atoms. The molecule has 0 atom stereocenters. The first-order valence-corrected chi connectivity index (χ1v) is 7.38. The summed E-state index contributed by atoms with van der Waals surface area (Å²) in [4.78, 5) is 0. The van der Waals surface area contributed by atoms with Crippen LogP contribution in [0.4, 0.5) is 0 Å². The fourth-order valence-electron chi connectivity index (χ4n) is 1.41. The molecular weight excluding hydrogens is 407 g/mol. The Hall–Kier alpha value is -0.750. The summed E-state index contributed by atoms with van der Waals surface area (Å²) < 4.78 is 13.4. The van der Waals surface area contributed by atoms with Crippen molar-refractivity contribution in [2.45, 2.75) is 0 Å². The van der Waals surface area contributed by atoms with Crippen LogP contribution >= 0.6 is 38.5 Å². The van der Waals surface area contributed by atoms with Gasteiger partial charge < -0.3 is 9.47 Å². The Labute approximate surface area is 129 Å². The van der Waals surface area contributed by atoms with Gasteiger partial charge in [0.05, 0.1) is 0 Å². The van der Waals surface area contributed by atoms with Gasteiger partial charge in [-0.25, -0.2) is 0 Å². The van der Waals surface area contributed by atoms with Crippen LogP contribution in [0.2, 0.25) is 0 Å². The van der Waals surface area contributed by atoms with Crippen molar-refractivity contribution in [1.82, 2.24) is 0 Å². The fraction of sp³-hybridized carbons (Fsp3) is 0.143. The van der Waals surface area contributed by atoms with Crippen LogP contribution < -0.4 is 9.47 Å². The van der Waals surface area contributed by atoms with E-state index >= 15 is 0 Å². The molecule has 4 heteroatoms. The molecular formula is C14H12BrIO2. The van der Waals surface area contributed by atoms with Gasteiger partial charge in [0.2, 0.25) is 0 Å². The molecule has 0 radical (unpaired) electrons. The maximum Gasteiger partial charge on any atom is 0.122 e. The molecule has 2 nitrogen and oxygen atoms in total. The lowest BCUT2D eigenvalue weighted by Crippen LogP contribution is -2.08. The predicted molar refractivity (Wildman–Crippen MR) is 84.3 cm³/mol. The average molecular weight is 419 g/mol. The standard InChI is InChI=1S/C14H12BrIO2/c15-11-2-1-3-14(10-11)18-9-8-17-13-6-4-12(16)5-7-13/h1-7,10H,8-9H2. The summed E-state index contributed by atoms with van der Waals surface area (Å²) in [6.45, 7) is 1.07. The highest BCUT2D eigenvalue weighted by molar-refractivity contribution is 14.1. The second-order valence-corrected chi connectivity index (χ2v) is 5.77. The van der Waals surface area contributed by atoms with Crippen molar-refractivity contribution in [3.8, 4) is 11.5 Å². The number of rotatable bonds is 5. The van der Waals surface area contributed by atoms with Crippen molar-refractivity contribution in [3.05, 3.63) is 56.6 Å². The van der Waals surface area contributed by atoms with Crippen molar-refractivity contribution in [1.29, 1.82) is 0 Å². The van der Waals surface area contributed by atoms with E-state index in [9.17, 15) is 0 Å². The van der Waals surface area contributed by atoms with Gasteiger partial charge in [0.25, 0.3) is 0 Å². The van der Waals surface area contributed by atoms with E-state index in [4.69, 9.17) is 9.47 Å². The normalized spacial score (nSPS) is 10.1. The molecule has 2 aromatic rings. The second kappa shape index (κ2) is 6.99. The molecule has 0 unspecified atom stereocenters. The van der Waals surface area contributed by atoms with E-state index in [0.717, 1.165) is 16.0 Å². The second-order valence-electron chi connectivity index (χ2n) is 3.61. The Balaban J connectivity index is 1.74. The van der Waals surface area contributed by atoms with Gasteiger partial charge in [-0.15, -0.1) is 0 Å². The lowest BCUT2D eigenvalue weighted by atomic mass is 10.3. The predicted octanol–water partition coefficient (Wildman–Crippen LogP) is 4.51. The first-order valence-electron chi connectivity index (χ1n) is 5.51. The Morgan fingerprint density at radius 3 is 2.22 bits per heavy atom. The molecule has 2 aromatic carbocycles. The minimum absolute atomic E-state index is 0.530. The van der Waals surface area contributed by atoms with E-state index in [0.29, 0.717) is 13.2 Å². The molecule has 0 saturated heterocycles. The summed E-state index contributed by atoms with van der Waals surface area (Å²) >= 11 is 5.67. The Morgan fingerprint density at radius 2 is 1.56 bits per heavy atom. The number of ether oxygens (including phenoxy) is 2. The fourth-order valence-corrected chi connectivity index (χ4v) is 2.14. The maximum atomic E-state index is 5.58. The van der Waals surface area contributed by atoms with Crippen LogP contribution in [0.15, 0.2) is 53.0 Å². The third-order valence-electron chi connectivity index (χ3n) is 2.23. The first kappa shape index (κ1) is 13.7. The SMILES string of the molecule is Brc1cccc(OCCOc2ccc(I)cc2)c1. The van der Waals surface area contributed by atoms with E-state index in [1.54, 1.807) is 0 Å². The summed E-state index contributed by atoms with van der Waals surface area (Å²) in [5.74, 6) is 1.71. The average Bonchev–Trinajstić information content (AvgIpc) is 2.37. The summed E-state index contributed by atoms with van der Waals surface area (Å²) in [6.07, 6.45) is 0. The molecule has 0 aliphatic carbocycles. The molecule has 0 aromatic heterocycles. The largest absolute Gasteiger partial charge is 0.490 e. The van der Waals surface area contributed by atoms with Gasteiger partial charge in [-0.05, 0) is 65.1 Å². The first-order chi connectivity index (χ1) is 8.74. The molecule has 94 valence electrons. The number of benzene rings is 2. The van der Waals surface area contributed by atoms with Crippen LogP contribution in [0, 0.1) is 3.57 Å². The van der Waals surface area contributed by atoms with Crippen molar-refractivity contribution in [3.63, 3.8) is 0 Å². The van der Waals surface area contributed by atoms with Crippen LogP contribution in [0.1, 0.15) is 0 Å². The van der Waals surface area contributed by atoms with Gasteiger partial charge in [-0.1, -0.05) is 22.0 Å². The van der Waals surface area contributed by atoms with E-state index in [-0.39, 0.29) is 0 Å². The molecule has 0 fully saturated rings. The van der Waals surface area contributed by atoms with E-state index < -0.39 is 0 Å². The third-order valence-corrected chi connectivity index (χ3v) is 3.44. The minimum atomic E-state index is 0.530. The molecule has 0 aliphatic heterocycles. The lowest BCUT2D eigenvalue weighted by molar-refractivity contribution is 0.217. The zero-order valence-electron chi connectivity index (χ0n) is 9.61. The van der Waals surface area contributed by atoms with Crippen LogP contribution in [-0.4, -0.2) is 13.2 Å². The number of hydrogen-bond acceptors (Lipinski definition) is 2. The van der Waals surface area contributed by atoms with Crippen molar-refractivity contribution in [2.24, 2.45) is 0 Å². The van der Waals surface area contributed by atoms with Crippen molar-refractivity contribution in [2.75, 3.05) is 13.2 Å². The molecule has 0 spiro atoms. The van der Waals surface area contributed by atoms with Crippen LogP contribution in [0.5, 0.6) is 11.5 Å². The summed E-state index contributed by atoms with van der Waals surface area (Å²) in [5.41, 5.74) is 0. The van der Waals surface area contributed by atoms with Gasteiger partial charge in [0.1, 0.15) is 24.7 Å². The van der Waals surface area contributed by atoms with Crippen LogP contribution in [0.25, 0.3) is 0 Å². The summed E-state index contributed by atoms with van der Waals surface area (Å²) in [5, 5.41) is 0. The highest BCUT2D eigenvalue weighted by Gasteiger charge is 1.96. The van der Waals surface area contributed by atoms with Gasteiger partial charge in [-0.3, -0.25) is 0 Å². The van der Waals surface area contributed by atoms with Crippen LogP contribution in [-0.2, 0) is 0 Å². The van der Waals surface area contributed by atoms with Gasteiger partial charge >= 0.3 is 0 Å². The highest BCUT2D eigenvalue weighted by atomic mass is 127. The number of halogens is 2. The monoisotopic (exact) mass is 418 g/mol. The Morgan fingerprint density at radius 1 is 0.889 bits per heavy atom. The molecule has 0 heterocycles. The van der Waals surface area contributed by atoms with E-state index in [1.165, 1.54) is 3.57 Å². The molecule has 0 N–H and O–H groups in total. The third kappa shape index (κ3) is 4.49. The topological polar surface area (TPSA) is 18.5 Å². The quantitative estimate of drug-likeness (QED) is 0.525. The smallest absolute Gasteiger partial charge is 0.122 e. The van der Waals surface area contributed by atoms with Gasteiger partial charge in [-0.2, -0.15) is 0 Å². The number of hydrogen-bond donors (Lipinski definition) is 0. The van der Waals surface area contributed by atoms with Crippen molar-refractivity contribution < 1.29 is 9.47 Å². The van der Waals surface area contributed by atoms with E-state index in [2.05, 4.69) is 38.5 Å². The van der Waals surface area contributed by atoms with Gasteiger partial charge in [0.15, 0.2) is 0 Å². The van der Waals surface area contributed by atoms with Crippen LogP contribution in [0.3, 0.4) is 0 Å². The Bertz CT molecular complexity index is 499. The minimum Gasteiger partial charge on any atom is -0.490 e. The Kier molecular flexibility index (Phi) is 5.31. The van der Waals surface area contributed by atoms with Crippen molar-refractivity contribution >= 4 is 38.5 Å². The zero-order chi connectivity index (χ0) is 12.8. The summed E-state index contributed by atoms with van der Waals surface area (Å²) in [6, 6.07) is 15.7. The molecule has 0 bridgehead atoms. The molecule has 2 rings (SSSR count). The maximum absolute atomic E-state index is 5.58. The lowest BCUT2D eigenvalue weighted by Gasteiger charge is -2.08. The molecule has 0 saturated carbocycles. The molecule has 0 amide bonds. The van der Waals surface area contributed by atoms with E-state index in [1.807, 2.05) is 48.5 Å². The van der Waals surface area contributed by atoms with Gasteiger partial charge in [0, 0.05) is 8.04 Å². The molecule has 0 aliphatic rings.